The molecule has 1 saturated heterocycles. The molecule has 1 amide bonds. The van der Waals surface area contributed by atoms with Crippen LogP contribution in [-0.2, 0) is 10.3 Å². The van der Waals surface area contributed by atoms with Gasteiger partial charge in [-0.3, -0.25) is 4.79 Å². The predicted octanol–water partition coefficient (Wildman–Crippen LogP) is 7.77. The van der Waals surface area contributed by atoms with Crippen molar-refractivity contribution in [3.05, 3.63) is 156 Å². The Morgan fingerprint density at radius 3 is 2.02 bits per heavy atom. The molecule has 7 rings (SSSR count). The minimum atomic E-state index is -1.71. The van der Waals surface area contributed by atoms with Crippen molar-refractivity contribution in [2.75, 3.05) is 26.1 Å². The maximum absolute atomic E-state index is 16.2. The number of hydrogen-bond acceptors (Lipinski definition) is 7. The van der Waals surface area contributed by atoms with Crippen molar-refractivity contribution in [1.29, 1.82) is 0 Å². The molecule has 0 bridgehead atoms. The van der Waals surface area contributed by atoms with Gasteiger partial charge in [0.15, 0.2) is 5.82 Å². The number of methoxy groups -OCH3 is 2. The molecule has 8 nitrogen and oxygen atoms in total. The molecule has 1 aliphatic heterocycles. The van der Waals surface area contributed by atoms with Crippen LogP contribution in [0.3, 0.4) is 0 Å². The van der Waals surface area contributed by atoms with Gasteiger partial charge in [-0.05, 0) is 59.2 Å². The van der Waals surface area contributed by atoms with Crippen LogP contribution in [0.4, 0.5) is 14.6 Å². The number of hydrogen-bond donors (Lipinski definition) is 2. The normalized spacial score (nSPS) is 18.8. The highest BCUT2D eigenvalue weighted by Crippen LogP contribution is 2.48. The number of fused-ring (bicyclic) bond motifs is 1. The molecule has 2 N–H and O–H groups in total. The molecule has 51 heavy (non-hydrogen) atoms. The lowest BCUT2D eigenvalue weighted by Gasteiger charge is -2.37. The van der Waals surface area contributed by atoms with Crippen LogP contribution >= 0.6 is 11.8 Å². The third-order valence-corrected chi connectivity index (χ3v) is 10.7. The molecule has 3 heterocycles. The summed E-state index contributed by atoms with van der Waals surface area (Å²) in [5.41, 5.74) is 1.93. The smallest absolute Gasteiger partial charge is 0.256 e. The number of benzene rings is 4. The van der Waals surface area contributed by atoms with Gasteiger partial charge in [0.2, 0.25) is 0 Å². The second-order valence-electron chi connectivity index (χ2n) is 12.1. The molecule has 1 fully saturated rings. The van der Waals surface area contributed by atoms with Gasteiger partial charge < -0.3 is 29.2 Å². The van der Waals surface area contributed by atoms with Gasteiger partial charge in [0.05, 0.1) is 37.0 Å². The number of thioether (sulfide) groups is 1. The molecule has 2 aromatic heterocycles. The second kappa shape index (κ2) is 14.6. The number of nitrogens with zero attached hydrogens (tertiary/aromatic N) is 2. The lowest BCUT2D eigenvalue weighted by Crippen LogP contribution is -2.37. The average molecular weight is 708 g/mol. The summed E-state index contributed by atoms with van der Waals surface area (Å²) >= 11 is 1.16. The van der Waals surface area contributed by atoms with E-state index >= 15 is 8.78 Å². The van der Waals surface area contributed by atoms with E-state index < -0.39 is 40.2 Å². The quantitative estimate of drug-likeness (QED) is 0.133. The van der Waals surface area contributed by atoms with Gasteiger partial charge in [-0.2, -0.15) is 0 Å². The monoisotopic (exact) mass is 707 g/mol. The Bertz CT molecular complexity index is 2070. The zero-order chi connectivity index (χ0) is 35.5. The molecule has 260 valence electrons. The van der Waals surface area contributed by atoms with Crippen LogP contribution in [-0.4, -0.2) is 58.9 Å². The van der Waals surface area contributed by atoms with Crippen LogP contribution in [0.2, 0.25) is 0 Å². The van der Waals surface area contributed by atoms with E-state index in [0.29, 0.717) is 22.6 Å². The largest absolute Gasteiger partial charge is 0.497 e. The summed E-state index contributed by atoms with van der Waals surface area (Å²) in [6.07, 6.45) is -0.539. The first-order valence-corrected chi connectivity index (χ1v) is 17.3. The summed E-state index contributed by atoms with van der Waals surface area (Å²) < 4.78 is 51.1. The Morgan fingerprint density at radius 2 is 1.43 bits per heavy atom. The molecule has 0 radical (unpaired) electrons. The zero-order valence-corrected chi connectivity index (χ0v) is 28.6. The number of ether oxygens (including phenoxy) is 3. The van der Waals surface area contributed by atoms with E-state index in [4.69, 9.17) is 14.2 Å². The number of halogens is 2. The maximum Gasteiger partial charge on any atom is 0.256 e. The van der Waals surface area contributed by atoms with E-state index in [2.05, 4.69) is 10.3 Å². The molecule has 11 heteroatoms. The van der Waals surface area contributed by atoms with Gasteiger partial charge in [0.25, 0.3) is 5.91 Å². The molecule has 6 aromatic rings. The summed E-state index contributed by atoms with van der Waals surface area (Å²) in [5.74, 6) is 0.251. The van der Waals surface area contributed by atoms with Crippen molar-refractivity contribution in [2.24, 2.45) is 0 Å². The SMILES string of the molecule is COc1ccc(C(OC[C@H]2S[C@@H](n3cc(F)c4c(NC(=O)c5ccccc5)nccc43)[C@H](O)[C@@H]2F)(c2ccccc2)c2ccc(OC)cc2)cc1. The van der Waals surface area contributed by atoms with Crippen molar-refractivity contribution in [2.45, 2.75) is 28.5 Å². The number of pyridine rings is 1. The first kappa shape index (κ1) is 34.2. The Morgan fingerprint density at radius 1 is 0.863 bits per heavy atom. The van der Waals surface area contributed by atoms with E-state index in [1.54, 1.807) is 50.6 Å². The van der Waals surface area contributed by atoms with Crippen molar-refractivity contribution >= 4 is 34.4 Å². The fourth-order valence-electron chi connectivity index (χ4n) is 6.59. The van der Waals surface area contributed by atoms with Gasteiger partial charge in [0.1, 0.15) is 40.6 Å². The van der Waals surface area contributed by atoms with Gasteiger partial charge in [-0.25, -0.2) is 13.8 Å². The first-order chi connectivity index (χ1) is 24.8. The second-order valence-corrected chi connectivity index (χ2v) is 13.4. The number of alkyl halides is 1. The lowest BCUT2D eigenvalue weighted by atomic mass is 9.80. The van der Waals surface area contributed by atoms with E-state index in [-0.39, 0.29) is 17.8 Å². The number of nitrogens with one attached hydrogen (secondary N) is 1. The van der Waals surface area contributed by atoms with Gasteiger partial charge >= 0.3 is 0 Å². The van der Waals surface area contributed by atoms with E-state index in [9.17, 15) is 9.90 Å². The first-order valence-electron chi connectivity index (χ1n) is 16.3. The standard InChI is InChI=1S/C40H35F2N3O5S/c1-48-29-17-13-27(14-18-29)40(26-11-7-4-8-12-26,28-15-19-30(49-2)20-16-28)50-24-33-35(42)36(46)39(51-33)45-23-31(41)34-32(45)21-22-43-37(34)44-38(47)25-9-5-3-6-10-25/h3-23,33,35-36,39,46H,24H2,1-2H3,(H,43,44,47)/t33-,35-,36-,39-/m1/s1. The fourth-order valence-corrected chi connectivity index (χ4v) is 8.02. The Balaban J connectivity index is 1.22. The topological polar surface area (TPSA) is 94.8 Å². The molecule has 4 aromatic carbocycles. The van der Waals surface area contributed by atoms with Crippen molar-refractivity contribution in [3.63, 3.8) is 0 Å². The maximum atomic E-state index is 16.2. The van der Waals surface area contributed by atoms with E-state index in [1.165, 1.54) is 17.0 Å². The van der Waals surface area contributed by atoms with Crippen LogP contribution < -0.4 is 14.8 Å². The molecule has 4 atom stereocenters. The summed E-state index contributed by atoms with van der Waals surface area (Å²) in [5, 5.41) is 12.3. The Kier molecular flexibility index (Phi) is 9.77. The van der Waals surface area contributed by atoms with Crippen LogP contribution in [0, 0.1) is 5.82 Å². The zero-order valence-electron chi connectivity index (χ0n) is 27.8. The van der Waals surface area contributed by atoms with Crippen LogP contribution in [0.25, 0.3) is 10.9 Å². The number of amides is 1. The highest BCUT2D eigenvalue weighted by molar-refractivity contribution is 8.00. The number of rotatable bonds is 11. The third kappa shape index (κ3) is 6.44. The van der Waals surface area contributed by atoms with Crippen LogP contribution in [0.5, 0.6) is 11.5 Å². The summed E-state index contributed by atoms with van der Waals surface area (Å²) in [7, 11) is 3.19. The third-order valence-electron chi connectivity index (χ3n) is 9.17. The molecule has 0 aliphatic carbocycles. The average Bonchev–Trinajstić information content (AvgIpc) is 3.67. The minimum Gasteiger partial charge on any atom is -0.497 e. The lowest BCUT2D eigenvalue weighted by molar-refractivity contribution is -0.00566. The molecular weight excluding hydrogens is 673 g/mol. The molecular formula is C40H35F2N3O5S. The van der Waals surface area contributed by atoms with E-state index in [1.807, 2.05) is 78.9 Å². The highest BCUT2D eigenvalue weighted by Gasteiger charge is 2.47. The van der Waals surface area contributed by atoms with E-state index in [0.717, 1.165) is 28.5 Å². The highest BCUT2D eigenvalue weighted by atomic mass is 32.2. The number of aliphatic hydroxyl groups is 1. The Labute approximate surface area is 298 Å². The van der Waals surface area contributed by atoms with Gasteiger partial charge in [-0.15, -0.1) is 11.8 Å². The number of carbonyl (C=O) groups is 1. The van der Waals surface area contributed by atoms with Gasteiger partial charge in [-0.1, -0.05) is 72.8 Å². The number of aromatic nitrogens is 2. The molecule has 0 saturated carbocycles. The molecule has 0 spiro atoms. The number of anilines is 1. The van der Waals surface area contributed by atoms with Crippen molar-refractivity contribution < 1.29 is 32.9 Å². The predicted molar refractivity (Wildman–Crippen MR) is 194 cm³/mol. The molecule has 1 aliphatic rings. The summed E-state index contributed by atoms with van der Waals surface area (Å²) in [4.78, 5) is 17.1. The molecule has 0 unspecified atom stereocenters. The number of carbonyl (C=O) groups excluding carboxylic acids is 1. The van der Waals surface area contributed by atoms with Crippen LogP contribution in [0.1, 0.15) is 32.4 Å². The Hall–Kier alpha value is -5.23. The summed E-state index contributed by atoms with van der Waals surface area (Å²) in [6.45, 7) is -0.103. The van der Waals surface area contributed by atoms with Crippen molar-refractivity contribution in [3.8, 4) is 11.5 Å². The fraction of sp³-hybridized carbons (Fsp3) is 0.200. The number of aliphatic hydroxyl groups excluding tert-OH is 1. The van der Waals surface area contributed by atoms with Gasteiger partial charge in [0, 0.05) is 18.0 Å². The summed E-state index contributed by atoms with van der Waals surface area (Å²) in [6, 6.07) is 34.8. The minimum absolute atomic E-state index is 0.0263. The van der Waals surface area contributed by atoms with Crippen LogP contribution in [0.15, 0.2) is 128 Å². The van der Waals surface area contributed by atoms with Crippen molar-refractivity contribution in [1.82, 2.24) is 9.55 Å².